The number of hydrogen-bond acceptors (Lipinski definition) is 4. The molecule has 1 aliphatic heterocycles. The van der Waals surface area contributed by atoms with Crippen LogP contribution in [0.25, 0.3) is 0 Å². The molecule has 0 spiro atoms. The first-order valence-corrected chi connectivity index (χ1v) is 7.30. The van der Waals surface area contributed by atoms with Crippen molar-refractivity contribution in [3.63, 3.8) is 0 Å². The molecule has 0 aliphatic carbocycles. The summed E-state index contributed by atoms with van der Waals surface area (Å²) in [5, 5.41) is 8.08. The van der Waals surface area contributed by atoms with E-state index < -0.39 is 0 Å². The van der Waals surface area contributed by atoms with Gasteiger partial charge in [-0.1, -0.05) is 6.92 Å². The molecule has 1 aliphatic rings. The smallest absolute Gasteiger partial charge is 0.148 e. The van der Waals surface area contributed by atoms with Crippen molar-refractivity contribution in [2.75, 3.05) is 24.3 Å². The van der Waals surface area contributed by atoms with Gasteiger partial charge in [0.05, 0.1) is 11.4 Å². The van der Waals surface area contributed by atoms with E-state index in [2.05, 4.69) is 24.3 Å². The van der Waals surface area contributed by atoms with Crippen molar-refractivity contribution in [3.05, 3.63) is 5.69 Å². The molecule has 1 aromatic rings. The molecule has 1 aromatic heterocycles. The first kappa shape index (κ1) is 14.2. The van der Waals surface area contributed by atoms with Crippen LogP contribution in [0.5, 0.6) is 0 Å². The van der Waals surface area contributed by atoms with E-state index in [1.807, 2.05) is 11.6 Å². The van der Waals surface area contributed by atoms with Gasteiger partial charge in [-0.25, -0.2) is 4.68 Å². The first-order chi connectivity index (χ1) is 9.13. The Hall–Kier alpha value is -1.23. The zero-order valence-electron chi connectivity index (χ0n) is 12.3. The molecular formula is C14H26N4O. The number of aromatic nitrogens is 2. The minimum absolute atomic E-state index is 0.401. The van der Waals surface area contributed by atoms with E-state index >= 15 is 0 Å². The van der Waals surface area contributed by atoms with Crippen LogP contribution >= 0.6 is 0 Å². The van der Waals surface area contributed by atoms with E-state index in [1.54, 1.807) is 0 Å². The van der Waals surface area contributed by atoms with Gasteiger partial charge in [-0.05, 0) is 39.0 Å². The Morgan fingerprint density at radius 3 is 2.79 bits per heavy atom. The lowest BCUT2D eigenvalue weighted by atomic mass is 9.93. The monoisotopic (exact) mass is 266 g/mol. The zero-order valence-corrected chi connectivity index (χ0v) is 12.3. The molecule has 3 N–H and O–H groups in total. The van der Waals surface area contributed by atoms with Gasteiger partial charge in [0.15, 0.2) is 0 Å². The molecule has 19 heavy (non-hydrogen) atoms. The molecule has 5 heteroatoms. The molecule has 1 unspecified atom stereocenters. The Bertz CT molecular complexity index is 410. The number of rotatable bonds is 5. The molecule has 0 aromatic carbocycles. The maximum Gasteiger partial charge on any atom is 0.148 e. The Morgan fingerprint density at radius 1 is 1.47 bits per heavy atom. The SMILES string of the molecule is CCCn1nc(C)c(N)c1NC(C)C1CCOCC1. The summed E-state index contributed by atoms with van der Waals surface area (Å²) in [5.74, 6) is 1.64. The standard InChI is InChI=1S/C14H26N4O/c1-4-7-18-14(13(15)11(3)17-18)16-10(2)12-5-8-19-9-6-12/h10,12,16H,4-9,15H2,1-3H3. The Morgan fingerprint density at radius 2 is 2.16 bits per heavy atom. The van der Waals surface area contributed by atoms with Crippen LogP contribution in [0.4, 0.5) is 11.5 Å². The fraction of sp³-hybridized carbons (Fsp3) is 0.786. The second kappa shape index (κ2) is 6.28. The van der Waals surface area contributed by atoms with Crippen LogP contribution in [0, 0.1) is 12.8 Å². The Kier molecular flexibility index (Phi) is 4.69. The molecule has 108 valence electrons. The average Bonchev–Trinajstić information content (AvgIpc) is 2.68. The van der Waals surface area contributed by atoms with Gasteiger partial charge in [-0.2, -0.15) is 5.10 Å². The van der Waals surface area contributed by atoms with Crippen LogP contribution in [0.2, 0.25) is 0 Å². The number of anilines is 2. The quantitative estimate of drug-likeness (QED) is 0.859. The number of aryl methyl sites for hydroxylation is 2. The number of ether oxygens (including phenoxy) is 1. The topological polar surface area (TPSA) is 65.1 Å². The molecule has 0 amide bonds. The number of nitrogens with two attached hydrogens (primary N) is 1. The molecule has 1 fully saturated rings. The molecule has 2 heterocycles. The van der Waals surface area contributed by atoms with Crippen LogP contribution in [0.3, 0.4) is 0 Å². The minimum atomic E-state index is 0.401. The second-order valence-electron chi connectivity index (χ2n) is 5.45. The van der Waals surface area contributed by atoms with Gasteiger partial charge >= 0.3 is 0 Å². The first-order valence-electron chi connectivity index (χ1n) is 7.30. The van der Waals surface area contributed by atoms with Crippen LogP contribution in [0.15, 0.2) is 0 Å². The highest BCUT2D eigenvalue weighted by Gasteiger charge is 2.22. The molecule has 0 saturated carbocycles. The van der Waals surface area contributed by atoms with Gasteiger partial charge in [0.1, 0.15) is 5.82 Å². The molecule has 0 bridgehead atoms. The van der Waals surface area contributed by atoms with Crippen molar-refractivity contribution in [2.45, 2.75) is 52.6 Å². The van der Waals surface area contributed by atoms with Gasteiger partial charge in [-0.3, -0.25) is 0 Å². The number of hydrogen-bond donors (Lipinski definition) is 2. The molecule has 2 rings (SSSR count). The Balaban J connectivity index is 2.08. The summed E-state index contributed by atoms with van der Waals surface area (Å²) in [6.07, 6.45) is 3.30. The highest BCUT2D eigenvalue weighted by molar-refractivity contribution is 5.65. The average molecular weight is 266 g/mol. The summed E-state index contributed by atoms with van der Waals surface area (Å²) in [4.78, 5) is 0. The van der Waals surface area contributed by atoms with Crippen molar-refractivity contribution >= 4 is 11.5 Å². The summed E-state index contributed by atoms with van der Waals surface area (Å²) < 4.78 is 7.42. The highest BCUT2D eigenvalue weighted by atomic mass is 16.5. The predicted octanol–water partition coefficient (Wildman–Crippen LogP) is 2.41. The van der Waals surface area contributed by atoms with Crippen molar-refractivity contribution in [1.29, 1.82) is 0 Å². The van der Waals surface area contributed by atoms with Gasteiger partial charge < -0.3 is 15.8 Å². The van der Waals surface area contributed by atoms with Crippen LogP contribution in [0.1, 0.15) is 38.8 Å². The number of nitrogens with zero attached hydrogens (tertiary/aromatic N) is 2. The second-order valence-corrected chi connectivity index (χ2v) is 5.45. The fourth-order valence-electron chi connectivity index (χ4n) is 2.67. The number of nitrogen functional groups attached to an aromatic ring is 1. The number of nitrogens with one attached hydrogen (secondary N) is 1. The van der Waals surface area contributed by atoms with E-state index in [9.17, 15) is 0 Å². The third kappa shape index (κ3) is 3.21. The third-order valence-electron chi connectivity index (χ3n) is 3.95. The normalized spacial score (nSPS) is 18.5. The van der Waals surface area contributed by atoms with Gasteiger partial charge in [0.25, 0.3) is 0 Å². The van der Waals surface area contributed by atoms with Crippen molar-refractivity contribution in [1.82, 2.24) is 9.78 Å². The zero-order chi connectivity index (χ0) is 13.8. The summed E-state index contributed by atoms with van der Waals surface area (Å²) in [7, 11) is 0. The van der Waals surface area contributed by atoms with Crippen LogP contribution < -0.4 is 11.1 Å². The van der Waals surface area contributed by atoms with Crippen molar-refractivity contribution in [2.24, 2.45) is 5.92 Å². The molecule has 0 radical (unpaired) electrons. The van der Waals surface area contributed by atoms with E-state index in [0.29, 0.717) is 12.0 Å². The summed E-state index contributed by atoms with van der Waals surface area (Å²) >= 11 is 0. The summed E-state index contributed by atoms with van der Waals surface area (Å²) in [5.41, 5.74) is 7.84. The Labute approximate surface area is 115 Å². The summed E-state index contributed by atoms with van der Waals surface area (Å²) in [6, 6.07) is 0.401. The van der Waals surface area contributed by atoms with Crippen LogP contribution in [-0.2, 0) is 11.3 Å². The lowest BCUT2D eigenvalue weighted by Crippen LogP contribution is -2.32. The lowest BCUT2D eigenvalue weighted by Gasteiger charge is -2.29. The largest absolute Gasteiger partial charge is 0.394 e. The fourth-order valence-corrected chi connectivity index (χ4v) is 2.67. The maximum atomic E-state index is 6.14. The van der Waals surface area contributed by atoms with E-state index in [1.165, 1.54) is 0 Å². The lowest BCUT2D eigenvalue weighted by molar-refractivity contribution is 0.0622. The molecule has 1 atom stereocenters. The third-order valence-corrected chi connectivity index (χ3v) is 3.95. The molecule has 5 nitrogen and oxygen atoms in total. The maximum absolute atomic E-state index is 6.14. The van der Waals surface area contributed by atoms with Crippen LogP contribution in [-0.4, -0.2) is 29.0 Å². The van der Waals surface area contributed by atoms with E-state index in [-0.39, 0.29) is 0 Å². The minimum Gasteiger partial charge on any atom is -0.394 e. The van der Waals surface area contributed by atoms with Gasteiger partial charge in [0.2, 0.25) is 0 Å². The van der Waals surface area contributed by atoms with Crippen molar-refractivity contribution in [3.8, 4) is 0 Å². The van der Waals surface area contributed by atoms with E-state index in [0.717, 1.165) is 56.2 Å². The van der Waals surface area contributed by atoms with Gasteiger partial charge in [0, 0.05) is 25.8 Å². The summed E-state index contributed by atoms with van der Waals surface area (Å²) in [6.45, 7) is 9.00. The molecule has 1 saturated heterocycles. The van der Waals surface area contributed by atoms with E-state index in [4.69, 9.17) is 10.5 Å². The van der Waals surface area contributed by atoms with Crippen molar-refractivity contribution < 1.29 is 4.74 Å². The van der Waals surface area contributed by atoms with Gasteiger partial charge in [-0.15, -0.1) is 0 Å². The predicted molar refractivity (Wildman–Crippen MR) is 78.3 cm³/mol. The highest BCUT2D eigenvalue weighted by Crippen LogP contribution is 2.27. The molecular weight excluding hydrogens is 240 g/mol.